The molecule has 1 saturated carbocycles. The second kappa shape index (κ2) is 10.9. The van der Waals surface area contributed by atoms with Gasteiger partial charge < -0.3 is 14.6 Å². The zero-order chi connectivity index (χ0) is 22.3. The second-order valence-electron chi connectivity index (χ2n) is 7.98. The second-order valence-corrected chi connectivity index (χ2v) is 9.31. The lowest BCUT2D eigenvalue weighted by Gasteiger charge is -2.32. The van der Waals surface area contributed by atoms with Gasteiger partial charge in [0.15, 0.2) is 5.16 Å². The van der Waals surface area contributed by atoms with E-state index in [1.54, 1.807) is 24.1 Å². The Morgan fingerprint density at radius 2 is 1.97 bits per heavy atom. The number of carbonyl (C=O) groups excluding carboxylic acids is 1. The smallest absolute Gasteiger partial charge is 0.251 e. The van der Waals surface area contributed by atoms with Crippen LogP contribution in [-0.2, 0) is 12.3 Å². The number of aromatic nitrogens is 2. The van der Waals surface area contributed by atoms with Crippen molar-refractivity contribution in [3.63, 3.8) is 0 Å². The fourth-order valence-electron chi connectivity index (χ4n) is 3.87. The van der Waals surface area contributed by atoms with Crippen molar-refractivity contribution in [1.82, 2.24) is 15.3 Å². The first kappa shape index (κ1) is 22.7. The van der Waals surface area contributed by atoms with Crippen molar-refractivity contribution in [3.05, 3.63) is 70.8 Å². The van der Waals surface area contributed by atoms with Gasteiger partial charge in [-0.1, -0.05) is 54.8 Å². The van der Waals surface area contributed by atoms with E-state index in [1.165, 1.54) is 32.1 Å². The number of hydrogen-bond acceptors (Lipinski definition) is 6. The lowest BCUT2D eigenvalue weighted by atomic mass is 9.94. The molecule has 0 spiro atoms. The summed E-state index contributed by atoms with van der Waals surface area (Å²) in [5.74, 6) is 2.17. The van der Waals surface area contributed by atoms with Gasteiger partial charge in [-0.3, -0.25) is 4.79 Å². The Morgan fingerprint density at radius 3 is 2.69 bits per heavy atom. The largest absolute Gasteiger partial charge is 0.467 e. The molecule has 1 amide bonds. The molecule has 0 radical (unpaired) electrons. The molecule has 0 bridgehead atoms. The minimum atomic E-state index is -0.130. The van der Waals surface area contributed by atoms with Gasteiger partial charge in [0.25, 0.3) is 5.91 Å². The van der Waals surface area contributed by atoms with Crippen molar-refractivity contribution < 1.29 is 9.21 Å². The van der Waals surface area contributed by atoms with Crippen molar-refractivity contribution >= 4 is 35.1 Å². The average Bonchev–Trinajstić information content (AvgIpc) is 3.35. The van der Waals surface area contributed by atoms with Crippen LogP contribution < -0.4 is 10.2 Å². The average molecular weight is 471 g/mol. The number of furan rings is 1. The zero-order valence-corrected chi connectivity index (χ0v) is 19.7. The molecule has 0 atom stereocenters. The topological polar surface area (TPSA) is 71.3 Å². The Labute approximate surface area is 197 Å². The van der Waals surface area contributed by atoms with Gasteiger partial charge in [0.05, 0.1) is 12.8 Å². The van der Waals surface area contributed by atoms with Gasteiger partial charge >= 0.3 is 0 Å². The molecule has 168 valence electrons. The van der Waals surface area contributed by atoms with Crippen LogP contribution in [0.15, 0.2) is 58.3 Å². The molecule has 3 aromatic rings. The number of hydrogen-bond donors (Lipinski definition) is 1. The summed E-state index contributed by atoms with van der Waals surface area (Å²) >= 11 is 7.84. The number of rotatable bonds is 8. The highest BCUT2D eigenvalue weighted by molar-refractivity contribution is 7.98. The van der Waals surface area contributed by atoms with E-state index in [-0.39, 0.29) is 5.91 Å². The Morgan fingerprint density at radius 1 is 1.19 bits per heavy atom. The van der Waals surface area contributed by atoms with Gasteiger partial charge in [0, 0.05) is 30.5 Å². The lowest BCUT2D eigenvalue weighted by molar-refractivity contribution is 0.0948. The van der Waals surface area contributed by atoms with Crippen LogP contribution in [0.3, 0.4) is 0 Å². The van der Waals surface area contributed by atoms with Crippen molar-refractivity contribution in [3.8, 4) is 0 Å². The number of amides is 1. The summed E-state index contributed by atoms with van der Waals surface area (Å²) in [6, 6.07) is 13.5. The highest BCUT2D eigenvalue weighted by Gasteiger charge is 2.20. The Hall–Kier alpha value is -2.51. The molecule has 1 aromatic carbocycles. The van der Waals surface area contributed by atoms with Gasteiger partial charge in [0.1, 0.15) is 16.7 Å². The third kappa shape index (κ3) is 6.04. The first-order chi connectivity index (χ1) is 15.6. The first-order valence-corrected chi connectivity index (χ1v) is 12.2. The predicted molar refractivity (Wildman–Crippen MR) is 128 cm³/mol. The minimum Gasteiger partial charge on any atom is -0.467 e. The van der Waals surface area contributed by atoms with E-state index in [9.17, 15) is 4.79 Å². The Balaban J connectivity index is 1.33. The number of benzene rings is 1. The third-order valence-electron chi connectivity index (χ3n) is 5.73. The van der Waals surface area contributed by atoms with Crippen molar-refractivity contribution in [2.75, 3.05) is 11.9 Å². The number of thioether (sulfide) groups is 1. The van der Waals surface area contributed by atoms with Crippen LogP contribution in [0.4, 0.5) is 5.82 Å². The van der Waals surface area contributed by atoms with Gasteiger partial charge in [-0.05, 0) is 42.7 Å². The molecule has 0 aliphatic heterocycles. The normalized spacial score (nSPS) is 14.3. The molecule has 2 aromatic heterocycles. The van der Waals surface area contributed by atoms with Crippen molar-refractivity contribution in [2.24, 2.45) is 0 Å². The van der Waals surface area contributed by atoms with E-state index >= 15 is 0 Å². The summed E-state index contributed by atoms with van der Waals surface area (Å²) in [6.45, 7) is 0.368. The highest BCUT2D eigenvalue weighted by Crippen LogP contribution is 2.28. The molecule has 8 heteroatoms. The van der Waals surface area contributed by atoms with Gasteiger partial charge in [-0.25, -0.2) is 9.97 Å². The van der Waals surface area contributed by atoms with E-state index in [0.29, 0.717) is 34.2 Å². The quantitative estimate of drug-likeness (QED) is 0.258. The fraction of sp³-hybridized carbons (Fsp3) is 0.375. The number of nitrogens with one attached hydrogen (secondary N) is 1. The number of halogens is 1. The van der Waals surface area contributed by atoms with Crippen LogP contribution in [0, 0.1) is 0 Å². The molecule has 1 fully saturated rings. The molecule has 32 heavy (non-hydrogen) atoms. The summed E-state index contributed by atoms with van der Waals surface area (Å²) in [4.78, 5) is 23.7. The Bertz CT molecular complexity index is 1020. The molecule has 2 heterocycles. The number of carbonyl (C=O) groups is 1. The van der Waals surface area contributed by atoms with E-state index in [0.717, 1.165) is 17.1 Å². The lowest BCUT2D eigenvalue weighted by Crippen LogP contribution is -2.34. The van der Waals surface area contributed by atoms with Crippen LogP contribution in [-0.4, -0.2) is 29.0 Å². The van der Waals surface area contributed by atoms with E-state index in [4.69, 9.17) is 21.0 Å². The van der Waals surface area contributed by atoms with E-state index in [1.807, 2.05) is 36.4 Å². The van der Waals surface area contributed by atoms with Crippen LogP contribution in [0.5, 0.6) is 0 Å². The van der Waals surface area contributed by atoms with Gasteiger partial charge in [-0.2, -0.15) is 0 Å². The Kier molecular flexibility index (Phi) is 7.71. The highest BCUT2D eigenvalue weighted by atomic mass is 35.5. The monoisotopic (exact) mass is 470 g/mol. The summed E-state index contributed by atoms with van der Waals surface area (Å²) in [5.41, 5.74) is 1.70. The maximum Gasteiger partial charge on any atom is 0.251 e. The first-order valence-electron chi connectivity index (χ1n) is 10.9. The van der Waals surface area contributed by atoms with Gasteiger partial charge in [-0.15, -0.1) is 0 Å². The summed E-state index contributed by atoms with van der Waals surface area (Å²) < 4.78 is 5.24. The van der Waals surface area contributed by atoms with E-state index in [2.05, 4.69) is 22.2 Å². The number of anilines is 1. The summed E-state index contributed by atoms with van der Waals surface area (Å²) in [5, 5.41) is 3.98. The third-order valence-corrected chi connectivity index (χ3v) is 6.84. The van der Waals surface area contributed by atoms with Crippen molar-refractivity contribution in [2.45, 2.75) is 55.6 Å². The number of nitrogens with zero attached hydrogens (tertiary/aromatic N) is 3. The molecule has 1 aliphatic carbocycles. The molecule has 1 aliphatic rings. The maximum atomic E-state index is 12.3. The fourth-order valence-corrected chi connectivity index (χ4v) is 4.91. The standard InChI is InChI=1S/C24H27ClN4O2S/c1-29(19-6-3-2-4-7-19)22-14-21(25)27-24(28-22)32-16-17-9-11-18(12-10-17)23(30)26-15-20-8-5-13-31-20/h5,8-14,19H,2-4,6-7,15-16H2,1H3,(H,26,30). The zero-order valence-electron chi connectivity index (χ0n) is 18.1. The van der Waals surface area contributed by atoms with Crippen LogP contribution in [0.1, 0.15) is 53.8 Å². The molecule has 0 unspecified atom stereocenters. The molecular weight excluding hydrogens is 444 g/mol. The maximum absolute atomic E-state index is 12.3. The summed E-state index contributed by atoms with van der Waals surface area (Å²) in [7, 11) is 2.10. The van der Waals surface area contributed by atoms with Crippen LogP contribution >= 0.6 is 23.4 Å². The SMILES string of the molecule is CN(c1cc(Cl)nc(SCc2ccc(C(=O)NCc3ccco3)cc2)n1)C1CCCCC1. The molecule has 4 rings (SSSR count). The predicted octanol–water partition coefficient (Wildman–Crippen LogP) is 5.71. The van der Waals surface area contributed by atoms with Gasteiger partial charge in [0.2, 0.25) is 0 Å². The van der Waals surface area contributed by atoms with Crippen LogP contribution in [0.2, 0.25) is 5.15 Å². The molecular formula is C24H27ClN4O2S. The summed E-state index contributed by atoms with van der Waals surface area (Å²) in [6.07, 6.45) is 7.84. The molecule has 1 N–H and O–H groups in total. The van der Waals surface area contributed by atoms with Crippen LogP contribution in [0.25, 0.3) is 0 Å². The van der Waals surface area contributed by atoms with Crippen molar-refractivity contribution in [1.29, 1.82) is 0 Å². The molecule has 6 nitrogen and oxygen atoms in total. The van der Waals surface area contributed by atoms with E-state index < -0.39 is 0 Å². The molecule has 0 saturated heterocycles. The minimum absolute atomic E-state index is 0.130.